The standard InChI is InChI=1S/C14H21N3OS/c15-13-12(9-5-6-9)14(19-16-13)17-7-8-18-11-4-2-1-3-10(11)17/h9-11H,1-8H2,(H2,15,16). The van der Waals surface area contributed by atoms with Crippen LogP contribution in [0.15, 0.2) is 0 Å². The van der Waals surface area contributed by atoms with Crippen LogP contribution in [0, 0.1) is 0 Å². The second-order valence-electron chi connectivity index (χ2n) is 6.02. The first-order valence-electron chi connectivity index (χ1n) is 7.48. The molecule has 3 aliphatic rings. The van der Waals surface area contributed by atoms with Gasteiger partial charge in [0.05, 0.1) is 18.8 Å². The third kappa shape index (κ3) is 2.03. The van der Waals surface area contributed by atoms with Crippen molar-refractivity contribution in [3.63, 3.8) is 0 Å². The van der Waals surface area contributed by atoms with Crippen LogP contribution in [0.4, 0.5) is 10.8 Å². The molecule has 104 valence electrons. The minimum Gasteiger partial charge on any atom is -0.383 e. The van der Waals surface area contributed by atoms with E-state index in [-0.39, 0.29) is 0 Å². The summed E-state index contributed by atoms with van der Waals surface area (Å²) < 4.78 is 10.4. The van der Waals surface area contributed by atoms with Crippen LogP contribution in [0.5, 0.6) is 0 Å². The molecule has 5 heteroatoms. The molecule has 2 N–H and O–H groups in total. The SMILES string of the molecule is Nc1nsc(N2CCOC3CCCCC32)c1C1CC1. The lowest BCUT2D eigenvalue weighted by molar-refractivity contribution is -0.00846. The number of hydrogen-bond donors (Lipinski definition) is 1. The maximum absolute atomic E-state index is 6.10. The molecule has 2 heterocycles. The van der Waals surface area contributed by atoms with Crippen molar-refractivity contribution < 1.29 is 4.74 Å². The Balaban J connectivity index is 1.66. The van der Waals surface area contributed by atoms with Crippen LogP contribution in [0.25, 0.3) is 0 Å². The molecule has 0 aromatic carbocycles. The van der Waals surface area contributed by atoms with Gasteiger partial charge in [-0.05, 0) is 43.1 Å². The molecule has 0 radical (unpaired) electrons. The van der Waals surface area contributed by atoms with Crippen LogP contribution >= 0.6 is 11.5 Å². The Bertz CT molecular complexity index is 469. The maximum atomic E-state index is 6.10. The number of hydrogen-bond acceptors (Lipinski definition) is 5. The number of fused-ring (bicyclic) bond motifs is 1. The summed E-state index contributed by atoms with van der Waals surface area (Å²) in [4.78, 5) is 2.56. The van der Waals surface area contributed by atoms with Gasteiger partial charge in [0.2, 0.25) is 0 Å². The highest BCUT2D eigenvalue weighted by molar-refractivity contribution is 7.10. The van der Waals surface area contributed by atoms with E-state index in [0.29, 0.717) is 18.1 Å². The van der Waals surface area contributed by atoms with Crippen molar-refractivity contribution in [3.8, 4) is 0 Å². The van der Waals surface area contributed by atoms with E-state index in [4.69, 9.17) is 10.5 Å². The van der Waals surface area contributed by atoms with Crippen molar-refractivity contribution in [2.45, 2.75) is 56.6 Å². The van der Waals surface area contributed by atoms with Crippen LogP contribution in [-0.2, 0) is 4.74 Å². The lowest BCUT2D eigenvalue weighted by Gasteiger charge is -2.44. The fraction of sp³-hybridized carbons (Fsp3) is 0.786. The molecule has 4 rings (SSSR count). The maximum Gasteiger partial charge on any atom is 0.142 e. The Hall–Kier alpha value is -0.810. The molecule has 1 aromatic heterocycles. The number of morpholine rings is 1. The molecule has 0 amide bonds. The van der Waals surface area contributed by atoms with Gasteiger partial charge in [0.1, 0.15) is 10.8 Å². The molecule has 3 fully saturated rings. The minimum absolute atomic E-state index is 0.429. The van der Waals surface area contributed by atoms with E-state index in [1.54, 1.807) is 11.5 Å². The Labute approximate surface area is 118 Å². The smallest absolute Gasteiger partial charge is 0.142 e. The molecule has 1 saturated heterocycles. The molecule has 1 aliphatic heterocycles. The summed E-state index contributed by atoms with van der Waals surface area (Å²) in [6.07, 6.45) is 8.12. The van der Waals surface area contributed by atoms with E-state index in [1.807, 2.05) is 0 Å². The Kier molecular flexibility index (Phi) is 2.92. The van der Waals surface area contributed by atoms with E-state index in [1.165, 1.54) is 49.1 Å². The first-order valence-corrected chi connectivity index (χ1v) is 8.25. The second-order valence-corrected chi connectivity index (χ2v) is 6.77. The molecule has 2 unspecified atom stereocenters. The van der Waals surface area contributed by atoms with Crippen molar-refractivity contribution in [1.29, 1.82) is 0 Å². The van der Waals surface area contributed by atoms with Gasteiger partial charge in [0.25, 0.3) is 0 Å². The van der Waals surface area contributed by atoms with Gasteiger partial charge in [-0.25, -0.2) is 0 Å². The molecular formula is C14H21N3OS. The van der Waals surface area contributed by atoms with E-state index in [0.717, 1.165) is 19.0 Å². The molecular weight excluding hydrogens is 258 g/mol. The third-order valence-corrected chi connectivity index (χ3v) is 5.63. The molecule has 1 aromatic rings. The van der Waals surface area contributed by atoms with Gasteiger partial charge >= 0.3 is 0 Å². The predicted molar refractivity (Wildman–Crippen MR) is 77.8 cm³/mol. The van der Waals surface area contributed by atoms with Crippen molar-refractivity contribution in [1.82, 2.24) is 4.37 Å². The molecule has 2 atom stereocenters. The van der Waals surface area contributed by atoms with Gasteiger partial charge in [0.15, 0.2) is 0 Å². The monoisotopic (exact) mass is 279 g/mol. The summed E-state index contributed by atoms with van der Waals surface area (Å²) in [6, 6.07) is 0.555. The summed E-state index contributed by atoms with van der Waals surface area (Å²) in [5.41, 5.74) is 7.44. The van der Waals surface area contributed by atoms with Gasteiger partial charge in [-0.2, -0.15) is 4.37 Å². The highest BCUT2D eigenvalue weighted by Gasteiger charge is 2.39. The lowest BCUT2D eigenvalue weighted by atomic mass is 9.90. The number of aromatic nitrogens is 1. The number of nitrogens with zero attached hydrogens (tertiary/aromatic N) is 2. The number of rotatable bonds is 2. The zero-order valence-corrected chi connectivity index (χ0v) is 12.0. The van der Waals surface area contributed by atoms with E-state index in [9.17, 15) is 0 Å². The average Bonchev–Trinajstić information content (AvgIpc) is 3.21. The van der Waals surface area contributed by atoms with Crippen molar-refractivity contribution >= 4 is 22.4 Å². The minimum atomic E-state index is 0.429. The average molecular weight is 279 g/mol. The summed E-state index contributed by atoms with van der Waals surface area (Å²) in [5.74, 6) is 1.46. The van der Waals surface area contributed by atoms with Crippen LogP contribution in [0.1, 0.15) is 50.0 Å². The van der Waals surface area contributed by atoms with Gasteiger partial charge < -0.3 is 15.4 Å². The molecule has 19 heavy (non-hydrogen) atoms. The number of anilines is 2. The van der Waals surface area contributed by atoms with Crippen LogP contribution < -0.4 is 10.6 Å². The summed E-state index contributed by atoms with van der Waals surface area (Å²) in [7, 11) is 0. The number of nitrogen functional groups attached to an aromatic ring is 1. The molecule has 2 aliphatic carbocycles. The zero-order valence-electron chi connectivity index (χ0n) is 11.2. The first-order chi connectivity index (χ1) is 9.34. The molecule has 0 spiro atoms. The van der Waals surface area contributed by atoms with Gasteiger partial charge in [-0.1, -0.05) is 12.8 Å². The second kappa shape index (κ2) is 4.63. The van der Waals surface area contributed by atoms with Crippen molar-refractivity contribution in [3.05, 3.63) is 5.56 Å². The van der Waals surface area contributed by atoms with Crippen LogP contribution in [-0.4, -0.2) is 29.7 Å². The summed E-state index contributed by atoms with van der Waals surface area (Å²) in [6.45, 7) is 1.85. The fourth-order valence-electron chi connectivity index (χ4n) is 3.61. The highest BCUT2D eigenvalue weighted by atomic mass is 32.1. The Morgan fingerprint density at radius 1 is 1.21 bits per heavy atom. The largest absolute Gasteiger partial charge is 0.383 e. The Morgan fingerprint density at radius 2 is 2.05 bits per heavy atom. The summed E-state index contributed by atoms with van der Waals surface area (Å²) >= 11 is 1.60. The predicted octanol–water partition coefficient (Wildman–Crippen LogP) is 2.75. The quantitative estimate of drug-likeness (QED) is 0.904. The number of ether oxygens (including phenoxy) is 1. The summed E-state index contributed by atoms with van der Waals surface area (Å²) in [5, 5.41) is 1.35. The molecule has 2 saturated carbocycles. The van der Waals surface area contributed by atoms with E-state index in [2.05, 4.69) is 9.27 Å². The zero-order chi connectivity index (χ0) is 12.8. The molecule has 0 bridgehead atoms. The van der Waals surface area contributed by atoms with E-state index >= 15 is 0 Å². The molecule has 4 nitrogen and oxygen atoms in total. The topological polar surface area (TPSA) is 51.4 Å². The van der Waals surface area contributed by atoms with Crippen LogP contribution in [0.3, 0.4) is 0 Å². The van der Waals surface area contributed by atoms with Crippen molar-refractivity contribution in [2.75, 3.05) is 23.8 Å². The normalized spacial score (nSPS) is 31.3. The van der Waals surface area contributed by atoms with E-state index < -0.39 is 0 Å². The van der Waals surface area contributed by atoms with Gasteiger partial charge in [-0.15, -0.1) is 0 Å². The first kappa shape index (κ1) is 12.0. The number of nitrogens with two attached hydrogens (primary N) is 1. The van der Waals surface area contributed by atoms with Crippen LogP contribution in [0.2, 0.25) is 0 Å². The fourth-order valence-corrected chi connectivity index (χ4v) is 4.60. The third-order valence-electron chi connectivity index (χ3n) is 4.72. The van der Waals surface area contributed by atoms with Gasteiger partial charge in [0, 0.05) is 12.1 Å². The Morgan fingerprint density at radius 3 is 2.89 bits per heavy atom. The highest BCUT2D eigenvalue weighted by Crippen LogP contribution is 2.50. The van der Waals surface area contributed by atoms with Crippen molar-refractivity contribution in [2.24, 2.45) is 0 Å². The lowest BCUT2D eigenvalue weighted by Crippen LogP contribution is -2.52. The van der Waals surface area contributed by atoms with Gasteiger partial charge in [-0.3, -0.25) is 0 Å².